The van der Waals surface area contributed by atoms with Crippen LogP contribution in [0, 0.1) is 5.92 Å². The van der Waals surface area contributed by atoms with Gasteiger partial charge in [-0.05, 0) is 60.9 Å². The molecule has 0 saturated carbocycles. The lowest BCUT2D eigenvalue weighted by molar-refractivity contribution is -0.129. The molecule has 1 aromatic heterocycles. The lowest BCUT2D eigenvalue weighted by Gasteiger charge is -2.23. The molecule has 1 aliphatic rings. The molecule has 8 nitrogen and oxygen atoms in total. The molecular weight excluding hydrogens is 546 g/mol. The number of nitrogens with one attached hydrogen (secondary N) is 2. The maximum atomic E-state index is 13.3. The third kappa shape index (κ3) is 6.61. The Balaban J connectivity index is 1.44. The van der Waals surface area contributed by atoms with Gasteiger partial charge < -0.3 is 10.6 Å². The maximum absolute atomic E-state index is 13.3. The third-order valence-corrected chi connectivity index (χ3v) is 9.54. The molecule has 3 aromatic rings. The van der Waals surface area contributed by atoms with Crippen molar-refractivity contribution in [3.8, 4) is 0 Å². The van der Waals surface area contributed by atoms with Crippen LogP contribution in [-0.4, -0.2) is 55.5 Å². The third-order valence-electron chi connectivity index (χ3n) is 6.35. The van der Waals surface area contributed by atoms with Crippen LogP contribution in [0.2, 0.25) is 5.02 Å². The van der Waals surface area contributed by atoms with Gasteiger partial charge >= 0.3 is 0 Å². The van der Waals surface area contributed by atoms with Crippen molar-refractivity contribution in [3.05, 3.63) is 64.5 Å². The minimum atomic E-state index is -3.92. The lowest BCUT2D eigenvalue weighted by atomic mass is 10.0. The SMILES string of the molecule is CC(C)CC(NC(=O)c1cc2ccccc2s1)C(=O)N[C@H]1CCCN(S(=O)(=O)c2cccc(Cl)c2)CC1=O. The molecule has 2 atom stereocenters. The lowest BCUT2D eigenvalue weighted by Crippen LogP contribution is -2.52. The fourth-order valence-electron chi connectivity index (χ4n) is 4.43. The second kappa shape index (κ2) is 11.9. The predicted octanol–water partition coefficient (Wildman–Crippen LogP) is 4.24. The van der Waals surface area contributed by atoms with Gasteiger partial charge in [0.25, 0.3) is 5.91 Å². The number of hydrogen-bond donors (Lipinski definition) is 2. The standard InChI is InChI=1S/C27H30ClN3O5S2/c1-17(2)13-22(30-27(34)25-14-18-7-3-4-11-24(18)37-25)26(33)29-21-10-6-12-31(16-23(21)32)38(35,36)20-9-5-8-19(28)15-20/h3-5,7-9,11,14-15,17,21-22H,6,10,12-13,16H2,1-2H3,(H,29,33)(H,30,34)/t21-,22?/m0/s1. The summed E-state index contributed by atoms with van der Waals surface area (Å²) in [5.74, 6) is -1.10. The first-order chi connectivity index (χ1) is 18.0. The molecule has 11 heteroatoms. The van der Waals surface area contributed by atoms with Crippen LogP contribution in [0.4, 0.5) is 0 Å². The number of sulfonamides is 1. The van der Waals surface area contributed by atoms with Crippen molar-refractivity contribution in [1.82, 2.24) is 14.9 Å². The first-order valence-corrected chi connectivity index (χ1v) is 15.1. The highest BCUT2D eigenvalue weighted by Gasteiger charge is 2.34. The van der Waals surface area contributed by atoms with Crippen molar-refractivity contribution >= 4 is 60.6 Å². The van der Waals surface area contributed by atoms with Crippen molar-refractivity contribution in [2.24, 2.45) is 5.92 Å². The van der Waals surface area contributed by atoms with Crippen molar-refractivity contribution in [3.63, 3.8) is 0 Å². The number of Topliss-reactive ketones (excluding diaryl/α,β-unsaturated/α-hetero) is 1. The van der Waals surface area contributed by atoms with Crippen LogP contribution in [0.15, 0.2) is 59.5 Å². The summed E-state index contributed by atoms with van der Waals surface area (Å²) in [5.41, 5.74) is 0. The number of hydrogen-bond acceptors (Lipinski definition) is 6. The smallest absolute Gasteiger partial charge is 0.262 e. The Bertz CT molecular complexity index is 1420. The Hall–Kier alpha value is -2.79. The second-order valence-corrected chi connectivity index (χ2v) is 13.2. The molecule has 0 spiro atoms. The average Bonchev–Trinajstić information content (AvgIpc) is 3.22. The molecule has 1 aliphatic heterocycles. The van der Waals surface area contributed by atoms with Crippen LogP contribution in [0.3, 0.4) is 0 Å². The van der Waals surface area contributed by atoms with Gasteiger partial charge in [0.15, 0.2) is 5.78 Å². The molecule has 2 N–H and O–H groups in total. The van der Waals surface area contributed by atoms with E-state index in [1.54, 1.807) is 18.2 Å². The van der Waals surface area contributed by atoms with Gasteiger partial charge in [0.2, 0.25) is 15.9 Å². The van der Waals surface area contributed by atoms with E-state index < -0.39 is 33.8 Å². The van der Waals surface area contributed by atoms with Crippen LogP contribution in [-0.2, 0) is 19.6 Å². The van der Waals surface area contributed by atoms with Crippen molar-refractivity contribution in [2.75, 3.05) is 13.1 Å². The van der Waals surface area contributed by atoms with Gasteiger partial charge in [-0.1, -0.05) is 49.7 Å². The molecule has 0 bridgehead atoms. The molecule has 38 heavy (non-hydrogen) atoms. The molecule has 202 valence electrons. The zero-order chi connectivity index (χ0) is 27.4. The Morgan fingerprint density at radius 2 is 1.89 bits per heavy atom. The number of amides is 2. The maximum Gasteiger partial charge on any atom is 0.262 e. The number of nitrogens with zero attached hydrogens (tertiary/aromatic N) is 1. The Kier molecular flexibility index (Phi) is 8.87. The number of halogens is 1. The molecule has 0 radical (unpaired) electrons. The Labute approximate surface area is 231 Å². The summed E-state index contributed by atoms with van der Waals surface area (Å²) in [5, 5.41) is 6.85. The Morgan fingerprint density at radius 1 is 1.13 bits per heavy atom. The van der Waals surface area contributed by atoms with Gasteiger partial charge in [-0.2, -0.15) is 4.31 Å². The van der Waals surface area contributed by atoms with E-state index >= 15 is 0 Å². The topological polar surface area (TPSA) is 113 Å². The fraction of sp³-hybridized carbons (Fsp3) is 0.370. The first kappa shape index (κ1) is 28.2. The van der Waals surface area contributed by atoms with Gasteiger partial charge in [0, 0.05) is 16.3 Å². The fourth-order valence-corrected chi connectivity index (χ4v) is 7.14. The van der Waals surface area contributed by atoms with Crippen molar-refractivity contribution in [1.29, 1.82) is 0 Å². The number of fused-ring (bicyclic) bond motifs is 1. The summed E-state index contributed by atoms with van der Waals surface area (Å²) >= 11 is 7.32. The van der Waals surface area contributed by atoms with E-state index in [9.17, 15) is 22.8 Å². The van der Waals surface area contributed by atoms with E-state index in [2.05, 4.69) is 10.6 Å². The Morgan fingerprint density at radius 3 is 2.61 bits per heavy atom. The van der Waals surface area contributed by atoms with E-state index in [0.29, 0.717) is 24.1 Å². The molecule has 2 heterocycles. The molecule has 2 aromatic carbocycles. The van der Waals surface area contributed by atoms with Crippen LogP contribution in [0.5, 0.6) is 0 Å². The summed E-state index contributed by atoms with van der Waals surface area (Å²) in [4.78, 5) is 39.8. The summed E-state index contributed by atoms with van der Waals surface area (Å²) in [6, 6.07) is 13.7. The minimum absolute atomic E-state index is 0.0150. The van der Waals surface area contributed by atoms with E-state index in [4.69, 9.17) is 11.6 Å². The summed E-state index contributed by atoms with van der Waals surface area (Å²) in [7, 11) is -3.92. The molecule has 1 saturated heterocycles. The van der Waals surface area contributed by atoms with Gasteiger partial charge in [0.1, 0.15) is 6.04 Å². The number of thiophene rings is 1. The van der Waals surface area contributed by atoms with Gasteiger partial charge in [-0.3, -0.25) is 14.4 Å². The first-order valence-electron chi connectivity index (χ1n) is 12.4. The molecule has 0 aliphatic carbocycles. The van der Waals surface area contributed by atoms with Crippen LogP contribution in [0.25, 0.3) is 10.1 Å². The zero-order valence-corrected chi connectivity index (χ0v) is 23.5. The second-order valence-electron chi connectivity index (χ2n) is 9.77. The van der Waals surface area contributed by atoms with Gasteiger partial charge in [0.05, 0.1) is 22.4 Å². The van der Waals surface area contributed by atoms with Crippen LogP contribution in [0.1, 0.15) is 42.8 Å². The monoisotopic (exact) mass is 575 g/mol. The molecule has 4 rings (SSSR count). The van der Waals surface area contributed by atoms with E-state index in [1.165, 1.54) is 23.5 Å². The molecular formula is C27H30ClN3O5S2. The van der Waals surface area contributed by atoms with Gasteiger partial charge in [-0.15, -0.1) is 11.3 Å². The van der Waals surface area contributed by atoms with Crippen molar-refractivity contribution < 1.29 is 22.8 Å². The highest BCUT2D eigenvalue weighted by molar-refractivity contribution is 7.89. The minimum Gasteiger partial charge on any atom is -0.344 e. The molecule has 1 fully saturated rings. The largest absolute Gasteiger partial charge is 0.344 e. The highest BCUT2D eigenvalue weighted by atomic mass is 35.5. The number of ketones is 1. The van der Waals surface area contributed by atoms with Crippen molar-refractivity contribution in [2.45, 2.75) is 50.1 Å². The van der Waals surface area contributed by atoms with E-state index in [1.807, 2.05) is 38.1 Å². The van der Waals surface area contributed by atoms with E-state index in [0.717, 1.165) is 14.4 Å². The van der Waals surface area contributed by atoms with Crippen LogP contribution < -0.4 is 10.6 Å². The van der Waals surface area contributed by atoms with Crippen LogP contribution >= 0.6 is 22.9 Å². The average molecular weight is 576 g/mol. The summed E-state index contributed by atoms with van der Waals surface area (Å²) in [6.07, 6.45) is 1.07. The quantitative estimate of drug-likeness (QED) is 0.417. The number of carbonyl (C=O) groups excluding carboxylic acids is 3. The number of rotatable bonds is 8. The highest BCUT2D eigenvalue weighted by Crippen LogP contribution is 2.26. The normalized spacial score (nSPS) is 17.8. The number of benzene rings is 2. The van der Waals surface area contributed by atoms with Gasteiger partial charge in [-0.25, -0.2) is 8.42 Å². The summed E-state index contributed by atoms with van der Waals surface area (Å²) < 4.78 is 28.3. The molecule has 2 amide bonds. The summed E-state index contributed by atoms with van der Waals surface area (Å²) in [6.45, 7) is 3.68. The predicted molar refractivity (Wildman–Crippen MR) is 149 cm³/mol. The zero-order valence-electron chi connectivity index (χ0n) is 21.1. The van der Waals surface area contributed by atoms with E-state index in [-0.39, 0.29) is 34.8 Å². The number of carbonyl (C=O) groups is 3. The molecule has 1 unspecified atom stereocenters.